The Bertz CT molecular complexity index is 1320. The Morgan fingerprint density at radius 1 is 0.946 bits per heavy atom. The van der Waals surface area contributed by atoms with Gasteiger partial charge >= 0.3 is 0 Å². The summed E-state index contributed by atoms with van der Waals surface area (Å²) < 4.78 is 11.3. The zero-order valence-corrected chi connectivity index (χ0v) is 21.6. The van der Waals surface area contributed by atoms with E-state index in [4.69, 9.17) is 9.47 Å². The maximum absolute atomic E-state index is 13.3. The molecular formula is C30H32N2O5. The molecule has 0 aliphatic carbocycles. The Kier molecular flexibility index (Phi) is 7.94. The molecule has 7 nitrogen and oxygen atoms in total. The van der Waals surface area contributed by atoms with Crippen LogP contribution in [-0.2, 0) is 9.59 Å². The molecule has 1 heterocycles. The second kappa shape index (κ2) is 11.3. The number of para-hydroxylation sites is 1. The highest BCUT2D eigenvalue weighted by Gasteiger charge is 2.46. The Morgan fingerprint density at radius 3 is 2.35 bits per heavy atom. The molecule has 1 fully saturated rings. The number of aliphatic hydroxyl groups is 1. The molecular weight excluding hydrogens is 468 g/mol. The second-order valence-electron chi connectivity index (χ2n) is 9.32. The highest BCUT2D eigenvalue weighted by atomic mass is 16.5. The van der Waals surface area contributed by atoms with Gasteiger partial charge in [0.2, 0.25) is 0 Å². The van der Waals surface area contributed by atoms with Crippen molar-refractivity contribution in [3.8, 4) is 17.2 Å². The number of aryl methyl sites for hydroxylation is 1. The minimum atomic E-state index is -0.747. The Balaban J connectivity index is 1.79. The number of benzene rings is 3. The van der Waals surface area contributed by atoms with Gasteiger partial charge in [0.05, 0.1) is 18.7 Å². The van der Waals surface area contributed by atoms with Crippen LogP contribution in [0.25, 0.3) is 5.76 Å². The van der Waals surface area contributed by atoms with Crippen LogP contribution in [-0.4, -0.2) is 60.9 Å². The standard InChI is InChI=1S/C30H32N2O5/c1-20-18-23(36-4)14-15-25(20)28(33)26-27(32(30(35)29(26)34)17-9-16-31(2)3)21-10-8-13-24(19-21)37-22-11-6-5-7-12-22/h5-8,10-15,18-19,27,33H,9,16-17H2,1-4H3/b28-26+. The summed E-state index contributed by atoms with van der Waals surface area (Å²) in [7, 11) is 5.49. The number of likely N-dealkylation sites (tertiary alicyclic amines) is 1. The van der Waals surface area contributed by atoms with E-state index in [0.717, 1.165) is 12.1 Å². The molecule has 192 valence electrons. The van der Waals surface area contributed by atoms with Crippen LogP contribution in [0, 0.1) is 6.92 Å². The Hall–Kier alpha value is -4.10. The molecule has 1 amide bonds. The summed E-state index contributed by atoms with van der Waals surface area (Å²) in [6.07, 6.45) is 0.679. The van der Waals surface area contributed by atoms with Gasteiger partial charge in [-0.05, 0) is 87.6 Å². The second-order valence-corrected chi connectivity index (χ2v) is 9.32. The number of rotatable bonds is 9. The highest BCUT2D eigenvalue weighted by molar-refractivity contribution is 6.46. The van der Waals surface area contributed by atoms with Gasteiger partial charge < -0.3 is 24.4 Å². The molecule has 3 aromatic rings. The molecule has 0 bridgehead atoms. The van der Waals surface area contributed by atoms with Crippen LogP contribution in [0.5, 0.6) is 17.2 Å². The third-order valence-corrected chi connectivity index (χ3v) is 6.39. The first-order chi connectivity index (χ1) is 17.8. The number of carbonyl (C=O) groups is 2. The number of carbonyl (C=O) groups excluding carboxylic acids is 2. The number of ketones is 1. The Morgan fingerprint density at radius 2 is 1.68 bits per heavy atom. The van der Waals surface area contributed by atoms with Crippen LogP contribution in [0.2, 0.25) is 0 Å². The Labute approximate surface area is 217 Å². The summed E-state index contributed by atoms with van der Waals surface area (Å²) >= 11 is 0. The largest absolute Gasteiger partial charge is 0.507 e. The van der Waals surface area contributed by atoms with E-state index >= 15 is 0 Å². The van der Waals surface area contributed by atoms with E-state index in [9.17, 15) is 14.7 Å². The lowest BCUT2D eigenvalue weighted by Gasteiger charge is -2.26. The molecule has 1 atom stereocenters. The van der Waals surface area contributed by atoms with Crippen LogP contribution in [0.4, 0.5) is 0 Å². The van der Waals surface area contributed by atoms with Gasteiger partial charge in [0, 0.05) is 12.1 Å². The summed E-state index contributed by atoms with van der Waals surface area (Å²) in [5, 5.41) is 11.4. The van der Waals surface area contributed by atoms with E-state index in [1.807, 2.05) is 80.5 Å². The summed E-state index contributed by atoms with van der Waals surface area (Å²) in [6, 6.07) is 21.2. The number of methoxy groups -OCH3 is 1. The van der Waals surface area contributed by atoms with Gasteiger partial charge in [0.1, 0.15) is 23.0 Å². The van der Waals surface area contributed by atoms with Crippen molar-refractivity contribution < 1.29 is 24.2 Å². The van der Waals surface area contributed by atoms with Crippen LogP contribution >= 0.6 is 0 Å². The topological polar surface area (TPSA) is 79.3 Å². The third kappa shape index (κ3) is 5.67. The third-order valence-electron chi connectivity index (χ3n) is 6.39. The molecule has 4 rings (SSSR count). The smallest absolute Gasteiger partial charge is 0.295 e. The molecule has 0 spiro atoms. The molecule has 1 saturated heterocycles. The number of nitrogens with zero attached hydrogens (tertiary/aromatic N) is 2. The fourth-order valence-corrected chi connectivity index (χ4v) is 4.56. The predicted octanol–water partition coefficient (Wildman–Crippen LogP) is 5.17. The van der Waals surface area contributed by atoms with E-state index in [-0.39, 0.29) is 11.3 Å². The SMILES string of the molecule is COc1ccc(/C(O)=C2\C(=O)C(=O)N(CCCN(C)C)C2c2cccc(Oc3ccccc3)c2)c(C)c1. The highest BCUT2D eigenvalue weighted by Crippen LogP contribution is 2.41. The quantitative estimate of drug-likeness (QED) is 0.248. The molecule has 0 radical (unpaired) electrons. The predicted molar refractivity (Wildman–Crippen MR) is 143 cm³/mol. The lowest BCUT2D eigenvalue weighted by atomic mass is 9.93. The molecule has 1 unspecified atom stereocenters. The first kappa shape index (κ1) is 26.0. The zero-order valence-electron chi connectivity index (χ0n) is 21.6. The number of amides is 1. The van der Waals surface area contributed by atoms with Crippen LogP contribution in [0.15, 0.2) is 78.4 Å². The van der Waals surface area contributed by atoms with Crippen molar-refractivity contribution in [1.29, 1.82) is 0 Å². The molecule has 0 saturated carbocycles. The normalized spacial score (nSPS) is 16.9. The fourth-order valence-electron chi connectivity index (χ4n) is 4.56. The van der Waals surface area contributed by atoms with E-state index in [2.05, 4.69) is 0 Å². The molecule has 3 aromatic carbocycles. The van der Waals surface area contributed by atoms with Gasteiger partial charge in [0.25, 0.3) is 11.7 Å². The number of ether oxygens (including phenoxy) is 2. The van der Waals surface area contributed by atoms with Crippen molar-refractivity contribution in [1.82, 2.24) is 9.80 Å². The first-order valence-corrected chi connectivity index (χ1v) is 12.2. The van der Waals surface area contributed by atoms with Crippen LogP contribution < -0.4 is 9.47 Å². The molecule has 1 aliphatic heterocycles. The van der Waals surface area contributed by atoms with E-state index in [1.165, 1.54) is 0 Å². The van der Waals surface area contributed by atoms with Crippen LogP contribution in [0.3, 0.4) is 0 Å². The van der Waals surface area contributed by atoms with Crippen molar-refractivity contribution in [2.45, 2.75) is 19.4 Å². The minimum absolute atomic E-state index is 0.0694. The maximum atomic E-state index is 13.3. The van der Waals surface area contributed by atoms with Gasteiger partial charge in [0.15, 0.2) is 0 Å². The first-order valence-electron chi connectivity index (χ1n) is 12.2. The van der Waals surface area contributed by atoms with Crippen molar-refractivity contribution in [2.75, 3.05) is 34.3 Å². The minimum Gasteiger partial charge on any atom is -0.507 e. The fraction of sp³-hybridized carbons (Fsp3) is 0.267. The molecule has 0 aromatic heterocycles. The molecule has 37 heavy (non-hydrogen) atoms. The van der Waals surface area contributed by atoms with E-state index < -0.39 is 17.7 Å². The van der Waals surface area contributed by atoms with Crippen molar-refractivity contribution in [2.24, 2.45) is 0 Å². The lowest BCUT2D eigenvalue weighted by molar-refractivity contribution is -0.139. The van der Waals surface area contributed by atoms with Gasteiger partial charge in [-0.2, -0.15) is 0 Å². The monoisotopic (exact) mass is 500 g/mol. The van der Waals surface area contributed by atoms with Gasteiger partial charge in [-0.3, -0.25) is 9.59 Å². The average Bonchev–Trinajstić information content (AvgIpc) is 3.14. The molecule has 7 heteroatoms. The molecule has 1 aliphatic rings. The van der Waals surface area contributed by atoms with Gasteiger partial charge in [-0.15, -0.1) is 0 Å². The van der Waals surface area contributed by atoms with Crippen molar-refractivity contribution in [3.05, 3.63) is 95.1 Å². The summed E-state index contributed by atoms with van der Waals surface area (Å²) in [4.78, 5) is 30.2. The number of hydrogen-bond donors (Lipinski definition) is 1. The van der Waals surface area contributed by atoms with Crippen LogP contribution in [0.1, 0.15) is 29.2 Å². The molecule has 1 N–H and O–H groups in total. The number of Topliss-reactive ketones (excluding diaryl/α,β-unsaturated/α-hetero) is 1. The van der Waals surface area contributed by atoms with Crippen molar-refractivity contribution in [3.63, 3.8) is 0 Å². The van der Waals surface area contributed by atoms with E-state index in [1.54, 1.807) is 30.2 Å². The summed E-state index contributed by atoms with van der Waals surface area (Å²) in [5.41, 5.74) is 1.97. The van der Waals surface area contributed by atoms with E-state index in [0.29, 0.717) is 41.3 Å². The number of aliphatic hydroxyl groups excluding tert-OH is 1. The zero-order chi connectivity index (χ0) is 26.5. The van der Waals surface area contributed by atoms with Gasteiger partial charge in [-0.25, -0.2) is 0 Å². The lowest BCUT2D eigenvalue weighted by Crippen LogP contribution is -2.32. The number of hydrogen-bond acceptors (Lipinski definition) is 6. The average molecular weight is 501 g/mol. The van der Waals surface area contributed by atoms with Gasteiger partial charge in [-0.1, -0.05) is 30.3 Å². The van der Waals surface area contributed by atoms with Crippen molar-refractivity contribution >= 4 is 17.4 Å². The maximum Gasteiger partial charge on any atom is 0.295 e. The summed E-state index contributed by atoms with van der Waals surface area (Å²) in [5.74, 6) is 0.369. The summed E-state index contributed by atoms with van der Waals surface area (Å²) in [6.45, 7) is 2.95.